The highest BCUT2D eigenvalue weighted by molar-refractivity contribution is 5.97. The van der Waals surface area contributed by atoms with Gasteiger partial charge in [0.25, 0.3) is 0 Å². The molecule has 0 atom stereocenters. The third-order valence-electron chi connectivity index (χ3n) is 3.42. The van der Waals surface area contributed by atoms with Gasteiger partial charge in [-0.05, 0) is 23.3 Å². The van der Waals surface area contributed by atoms with Gasteiger partial charge in [0.2, 0.25) is 0 Å². The number of carbonyl (C=O) groups excluding carboxylic acids is 1. The molecular weight excluding hydrogens is 268 g/mol. The molecule has 1 heterocycles. The molecule has 21 heavy (non-hydrogen) atoms. The Morgan fingerprint density at radius 2 is 1.86 bits per heavy atom. The molecule has 3 rings (SSSR count). The average Bonchev–Trinajstić information content (AvgIpc) is 3.09. The van der Waals surface area contributed by atoms with Crippen molar-refractivity contribution in [3.8, 4) is 11.1 Å². The molecule has 0 aliphatic carbocycles. The quantitative estimate of drug-likeness (QED) is 0.812. The minimum atomic E-state index is -0.343. The van der Waals surface area contributed by atoms with Crippen LogP contribution in [-0.2, 0) is 14.2 Å². The topological polar surface area (TPSA) is 44.8 Å². The number of ether oxygens (including phenoxy) is 3. The fourth-order valence-corrected chi connectivity index (χ4v) is 2.43. The molecule has 0 radical (unpaired) electrons. The Labute approximate surface area is 123 Å². The second kappa shape index (κ2) is 6.08. The number of benzene rings is 2. The predicted molar refractivity (Wildman–Crippen MR) is 77.9 cm³/mol. The molecule has 2 aromatic carbocycles. The number of methoxy groups -OCH3 is 1. The van der Waals surface area contributed by atoms with E-state index >= 15 is 0 Å². The van der Waals surface area contributed by atoms with Crippen molar-refractivity contribution < 1.29 is 19.0 Å². The Kier molecular flexibility index (Phi) is 3.99. The van der Waals surface area contributed by atoms with Crippen LogP contribution in [0.1, 0.15) is 22.2 Å². The standard InChI is InChI=1S/C17H16O4/c1-19-16(18)15-8-3-2-7-14(15)12-5-4-6-13(11-12)17-20-9-10-21-17/h2-8,11,17H,9-10H2,1H3. The summed E-state index contributed by atoms with van der Waals surface area (Å²) in [5.74, 6) is -0.343. The largest absolute Gasteiger partial charge is 0.465 e. The lowest BCUT2D eigenvalue weighted by atomic mass is 9.98. The predicted octanol–water partition coefficient (Wildman–Crippen LogP) is 3.19. The number of carbonyl (C=O) groups is 1. The second-order valence-electron chi connectivity index (χ2n) is 4.74. The number of hydrogen-bond donors (Lipinski definition) is 0. The molecule has 0 saturated carbocycles. The molecule has 4 heteroatoms. The molecule has 0 bridgehead atoms. The summed E-state index contributed by atoms with van der Waals surface area (Å²) in [5, 5.41) is 0. The van der Waals surface area contributed by atoms with Gasteiger partial charge in [0, 0.05) is 5.56 Å². The first-order valence-corrected chi connectivity index (χ1v) is 6.80. The first-order valence-electron chi connectivity index (χ1n) is 6.80. The summed E-state index contributed by atoms with van der Waals surface area (Å²) in [6.07, 6.45) is -0.324. The van der Waals surface area contributed by atoms with Gasteiger partial charge in [-0.2, -0.15) is 0 Å². The number of rotatable bonds is 3. The molecule has 0 unspecified atom stereocenters. The van der Waals surface area contributed by atoms with E-state index in [2.05, 4.69) is 0 Å². The van der Waals surface area contributed by atoms with Crippen molar-refractivity contribution >= 4 is 5.97 Å². The Bertz CT molecular complexity index is 645. The molecule has 4 nitrogen and oxygen atoms in total. The lowest BCUT2D eigenvalue weighted by Crippen LogP contribution is -2.04. The Morgan fingerprint density at radius 1 is 1.10 bits per heavy atom. The Balaban J connectivity index is 2.01. The Hall–Kier alpha value is -2.17. The van der Waals surface area contributed by atoms with E-state index in [9.17, 15) is 4.79 Å². The third-order valence-corrected chi connectivity index (χ3v) is 3.42. The highest BCUT2D eigenvalue weighted by atomic mass is 16.7. The molecule has 1 aliphatic heterocycles. The minimum Gasteiger partial charge on any atom is -0.465 e. The maximum absolute atomic E-state index is 11.9. The van der Waals surface area contributed by atoms with E-state index in [-0.39, 0.29) is 12.3 Å². The fourth-order valence-electron chi connectivity index (χ4n) is 2.43. The summed E-state index contributed by atoms with van der Waals surface area (Å²) >= 11 is 0. The van der Waals surface area contributed by atoms with Crippen LogP contribution in [0, 0.1) is 0 Å². The van der Waals surface area contributed by atoms with Crippen LogP contribution in [0.2, 0.25) is 0 Å². The highest BCUT2D eigenvalue weighted by Gasteiger charge is 2.19. The van der Waals surface area contributed by atoms with Crippen molar-refractivity contribution in [2.24, 2.45) is 0 Å². The molecule has 1 aliphatic rings. The lowest BCUT2D eigenvalue weighted by Gasteiger charge is -2.12. The molecule has 0 aromatic heterocycles. The van der Waals surface area contributed by atoms with Crippen LogP contribution in [0.4, 0.5) is 0 Å². The zero-order valence-corrected chi connectivity index (χ0v) is 11.7. The van der Waals surface area contributed by atoms with Crippen molar-refractivity contribution in [2.75, 3.05) is 20.3 Å². The first-order chi connectivity index (χ1) is 10.3. The molecule has 1 saturated heterocycles. The third kappa shape index (κ3) is 2.82. The van der Waals surface area contributed by atoms with Gasteiger partial charge < -0.3 is 14.2 Å². The highest BCUT2D eigenvalue weighted by Crippen LogP contribution is 2.29. The van der Waals surface area contributed by atoms with Crippen molar-refractivity contribution in [1.82, 2.24) is 0 Å². The molecular formula is C17H16O4. The smallest absolute Gasteiger partial charge is 0.338 e. The van der Waals surface area contributed by atoms with Crippen molar-refractivity contribution in [3.05, 3.63) is 59.7 Å². The zero-order valence-electron chi connectivity index (χ0n) is 11.7. The van der Waals surface area contributed by atoms with Gasteiger partial charge in [-0.3, -0.25) is 0 Å². The van der Waals surface area contributed by atoms with Gasteiger partial charge in [0.1, 0.15) is 0 Å². The maximum atomic E-state index is 11.9. The first kappa shape index (κ1) is 13.8. The summed E-state index contributed by atoms with van der Waals surface area (Å²) in [5.41, 5.74) is 3.27. The number of esters is 1. The van der Waals surface area contributed by atoms with Gasteiger partial charge in [0.15, 0.2) is 6.29 Å². The monoisotopic (exact) mass is 284 g/mol. The van der Waals surface area contributed by atoms with E-state index in [4.69, 9.17) is 14.2 Å². The molecule has 0 amide bonds. The van der Waals surface area contributed by atoms with E-state index in [1.165, 1.54) is 7.11 Å². The fraction of sp³-hybridized carbons (Fsp3) is 0.235. The van der Waals surface area contributed by atoms with Gasteiger partial charge in [-0.25, -0.2) is 4.79 Å². The van der Waals surface area contributed by atoms with Crippen LogP contribution < -0.4 is 0 Å². The molecule has 0 spiro atoms. The van der Waals surface area contributed by atoms with Crippen molar-refractivity contribution in [3.63, 3.8) is 0 Å². The summed E-state index contributed by atoms with van der Waals surface area (Å²) in [4.78, 5) is 11.9. The summed E-state index contributed by atoms with van der Waals surface area (Å²) in [6.45, 7) is 1.21. The van der Waals surface area contributed by atoms with Crippen LogP contribution in [0.5, 0.6) is 0 Å². The van der Waals surface area contributed by atoms with E-state index in [0.717, 1.165) is 16.7 Å². The van der Waals surface area contributed by atoms with Crippen molar-refractivity contribution in [2.45, 2.75) is 6.29 Å². The van der Waals surface area contributed by atoms with Gasteiger partial charge >= 0.3 is 5.97 Å². The molecule has 108 valence electrons. The van der Waals surface area contributed by atoms with Crippen LogP contribution in [-0.4, -0.2) is 26.3 Å². The van der Waals surface area contributed by atoms with Gasteiger partial charge in [-0.1, -0.05) is 36.4 Å². The molecule has 0 N–H and O–H groups in total. The van der Waals surface area contributed by atoms with Crippen LogP contribution in [0.25, 0.3) is 11.1 Å². The maximum Gasteiger partial charge on any atom is 0.338 e. The zero-order chi connectivity index (χ0) is 14.7. The number of hydrogen-bond acceptors (Lipinski definition) is 4. The Morgan fingerprint density at radius 3 is 2.62 bits per heavy atom. The van der Waals surface area contributed by atoms with E-state index in [1.807, 2.05) is 42.5 Å². The van der Waals surface area contributed by atoms with E-state index in [1.54, 1.807) is 6.07 Å². The molecule has 2 aromatic rings. The normalized spacial score (nSPS) is 15.1. The summed E-state index contributed by atoms with van der Waals surface area (Å²) < 4.78 is 15.9. The van der Waals surface area contributed by atoms with E-state index < -0.39 is 0 Å². The van der Waals surface area contributed by atoms with Crippen LogP contribution in [0.15, 0.2) is 48.5 Å². The minimum absolute atomic E-state index is 0.324. The SMILES string of the molecule is COC(=O)c1ccccc1-c1cccc(C2OCCO2)c1. The summed E-state index contributed by atoms with van der Waals surface area (Å²) in [7, 11) is 1.38. The van der Waals surface area contributed by atoms with Gasteiger partial charge in [0.05, 0.1) is 25.9 Å². The molecule has 1 fully saturated rings. The van der Waals surface area contributed by atoms with E-state index in [0.29, 0.717) is 18.8 Å². The van der Waals surface area contributed by atoms with Crippen LogP contribution >= 0.6 is 0 Å². The van der Waals surface area contributed by atoms with Gasteiger partial charge in [-0.15, -0.1) is 0 Å². The second-order valence-corrected chi connectivity index (χ2v) is 4.74. The van der Waals surface area contributed by atoms with Crippen LogP contribution in [0.3, 0.4) is 0 Å². The summed E-state index contributed by atoms with van der Waals surface area (Å²) in [6, 6.07) is 15.2. The van der Waals surface area contributed by atoms with Crippen molar-refractivity contribution in [1.29, 1.82) is 0 Å². The lowest BCUT2D eigenvalue weighted by molar-refractivity contribution is -0.0440. The average molecular weight is 284 g/mol.